The minimum Gasteiger partial charge on any atom is -0.465 e. The van der Waals surface area contributed by atoms with Gasteiger partial charge in [-0.3, -0.25) is 4.90 Å². The van der Waals surface area contributed by atoms with Crippen molar-refractivity contribution < 1.29 is 23.0 Å². The molecule has 2 unspecified atom stereocenters. The first-order valence-electron chi connectivity index (χ1n) is 16.3. The van der Waals surface area contributed by atoms with Crippen LogP contribution in [-0.4, -0.2) is 72.4 Å². The molecule has 3 aromatic carbocycles. The lowest BCUT2D eigenvalue weighted by atomic mass is 9.91. The van der Waals surface area contributed by atoms with E-state index in [9.17, 15) is 9.18 Å². The first-order chi connectivity index (χ1) is 22.2. The molecule has 240 valence electrons. The predicted octanol–water partition coefficient (Wildman–Crippen LogP) is 7.53. The molecule has 0 radical (unpaired) electrons. The van der Waals surface area contributed by atoms with Crippen molar-refractivity contribution in [3.8, 4) is 17.1 Å². The molecule has 1 aliphatic carbocycles. The van der Waals surface area contributed by atoms with Gasteiger partial charge in [-0.05, 0) is 86.1 Å². The van der Waals surface area contributed by atoms with Gasteiger partial charge in [-0.2, -0.15) is 9.97 Å². The zero-order valence-corrected chi connectivity index (χ0v) is 26.9. The van der Waals surface area contributed by atoms with Crippen LogP contribution in [-0.2, 0) is 4.74 Å². The van der Waals surface area contributed by atoms with Gasteiger partial charge >= 0.3 is 12.0 Å². The number of esters is 1. The Morgan fingerprint density at radius 3 is 2.72 bits per heavy atom. The van der Waals surface area contributed by atoms with E-state index in [1.165, 1.54) is 13.5 Å². The monoisotopic (exact) mass is 646 g/mol. The van der Waals surface area contributed by atoms with Crippen molar-refractivity contribution in [3.63, 3.8) is 0 Å². The molecular weight excluding hydrogens is 610 g/mol. The fourth-order valence-corrected chi connectivity index (χ4v) is 9.07. The van der Waals surface area contributed by atoms with Crippen molar-refractivity contribution in [3.05, 3.63) is 58.4 Å². The SMILES string of the molecule is COC(=O)c1cc2c(N3CC4CCC(C4)C3)nc(OC[C@@]34CCCN3C[C@H](F)C4)nc2c(F)c1-c1cc(C)cc2cccc(Cl)c12. The fraction of sp³-hybridized carbons (Fsp3) is 0.472. The van der Waals surface area contributed by atoms with Gasteiger partial charge in [0.15, 0.2) is 5.82 Å². The second-order valence-corrected chi connectivity index (χ2v) is 14.2. The number of aryl methyl sites for hydroxylation is 1. The van der Waals surface area contributed by atoms with E-state index in [0.29, 0.717) is 52.0 Å². The normalized spacial score (nSPS) is 25.8. The van der Waals surface area contributed by atoms with Gasteiger partial charge in [0, 0.05) is 47.4 Å². The maximum Gasteiger partial charge on any atom is 0.338 e. The number of methoxy groups -OCH3 is 1. The number of piperidine rings is 1. The number of hydrogen-bond acceptors (Lipinski definition) is 7. The van der Waals surface area contributed by atoms with Crippen LogP contribution in [0.2, 0.25) is 5.02 Å². The summed E-state index contributed by atoms with van der Waals surface area (Å²) in [5.41, 5.74) is 1.19. The molecular formula is C36H37ClF2N4O3. The number of alkyl halides is 1. The van der Waals surface area contributed by atoms with Crippen molar-refractivity contribution in [1.29, 1.82) is 0 Å². The maximum absolute atomic E-state index is 17.3. The molecule has 10 heteroatoms. The molecule has 4 fully saturated rings. The van der Waals surface area contributed by atoms with E-state index in [4.69, 9.17) is 26.1 Å². The van der Waals surface area contributed by atoms with Gasteiger partial charge in [0.1, 0.15) is 24.1 Å². The lowest BCUT2D eigenvalue weighted by Gasteiger charge is -2.34. The van der Waals surface area contributed by atoms with E-state index in [0.717, 1.165) is 56.3 Å². The minimum absolute atomic E-state index is 0.0618. The van der Waals surface area contributed by atoms with Gasteiger partial charge in [0.2, 0.25) is 0 Å². The van der Waals surface area contributed by atoms with Crippen LogP contribution in [0.1, 0.15) is 54.4 Å². The summed E-state index contributed by atoms with van der Waals surface area (Å²) >= 11 is 6.72. The van der Waals surface area contributed by atoms with Gasteiger partial charge in [0.25, 0.3) is 0 Å². The molecule has 0 amide bonds. The van der Waals surface area contributed by atoms with E-state index in [-0.39, 0.29) is 29.3 Å². The highest BCUT2D eigenvalue weighted by molar-refractivity contribution is 6.37. The average Bonchev–Trinajstić information content (AvgIpc) is 3.69. The number of rotatable bonds is 6. The predicted molar refractivity (Wildman–Crippen MR) is 175 cm³/mol. The van der Waals surface area contributed by atoms with Crippen molar-refractivity contribution in [2.75, 3.05) is 44.8 Å². The number of halogens is 3. The van der Waals surface area contributed by atoms with Gasteiger partial charge in [-0.15, -0.1) is 0 Å². The smallest absolute Gasteiger partial charge is 0.338 e. The van der Waals surface area contributed by atoms with Gasteiger partial charge in [-0.25, -0.2) is 13.6 Å². The Bertz CT molecular complexity index is 1880. The fourth-order valence-electron chi connectivity index (χ4n) is 8.79. The molecule has 4 heterocycles. The van der Waals surface area contributed by atoms with Crippen LogP contribution in [0.4, 0.5) is 14.6 Å². The highest BCUT2D eigenvalue weighted by atomic mass is 35.5. The number of nitrogens with zero attached hydrogens (tertiary/aromatic N) is 4. The summed E-state index contributed by atoms with van der Waals surface area (Å²) in [5.74, 6) is 0.288. The van der Waals surface area contributed by atoms with E-state index < -0.39 is 23.5 Å². The number of fused-ring (bicyclic) bond motifs is 5. The molecule has 1 aromatic heterocycles. The zero-order valence-electron chi connectivity index (χ0n) is 26.1. The minimum atomic E-state index is -0.895. The number of carbonyl (C=O) groups excluding carboxylic acids is 1. The third-order valence-corrected chi connectivity index (χ3v) is 11.1. The van der Waals surface area contributed by atoms with Crippen LogP contribution in [0.15, 0.2) is 36.4 Å². The largest absolute Gasteiger partial charge is 0.465 e. The molecule has 46 heavy (non-hydrogen) atoms. The Kier molecular flexibility index (Phi) is 7.33. The van der Waals surface area contributed by atoms with Crippen molar-refractivity contribution in [1.82, 2.24) is 14.9 Å². The highest BCUT2D eigenvalue weighted by Gasteiger charge is 2.49. The van der Waals surface area contributed by atoms with Crippen LogP contribution in [0.5, 0.6) is 6.01 Å². The van der Waals surface area contributed by atoms with Crippen LogP contribution >= 0.6 is 11.6 Å². The number of aromatic nitrogens is 2. The second kappa shape index (κ2) is 11.3. The third kappa shape index (κ3) is 4.89. The molecule has 8 rings (SSSR count). The average molecular weight is 647 g/mol. The summed E-state index contributed by atoms with van der Waals surface area (Å²) in [6.45, 7) is 4.98. The summed E-state index contributed by atoms with van der Waals surface area (Å²) in [7, 11) is 1.29. The van der Waals surface area contributed by atoms with Gasteiger partial charge in [-0.1, -0.05) is 35.9 Å². The Labute approximate surface area is 271 Å². The molecule has 1 saturated carbocycles. The Morgan fingerprint density at radius 2 is 1.93 bits per heavy atom. The Morgan fingerprint density at radius 1 is 1.13 bits per heavy atom. The van der Waals surface area contributed by atoms with Gasteiger partial charge < -0.3 is 14.4 Å². The standard InChI is InChI=1S/C36H37ClF2N4O3/c1-20-11-23-5-3-6-28(37)29(23)25(12-20)30-26(34(44)45-2)14-27-32(31(30)39)40-35(41-33(27)42-16-21-7-8-22(13-21)17-42)46-19-36-9-4-10-43(36)18-24(38)15-36/h3,5-6,11-12,14,21-22,24H,4,7-10,13,15-19H2,1-2H3/t21?,22?,24-,36+/m1/s1. The maximum atomic E-state index is 17.3. The molecule has 3 aliphatic heterocycles. The quantitative estimate of drug-likeness (QED) is 0.201. The van der Waals surface area contributed by atoms with E-state index in [1.54, 1.807) is 12.1 Å². The molecule has 2 bridgehead atoms. The summed E-state index contributed by atoms with van der Waals surface area (Å²) in [6.07, 6.45) is 4.83. The van der Waals surface area contributed by atoms with E-state index in [2.05, 4.69) is 14.8 Å². The number of benzene rings is 3. The molecule has 0 N–H and O–H groups in total. The van der Waals surface area contributed by atoms with E-state index >= 15 is 4.39 Å². The summed E-state index contributed by atoms with van der Waals surface area (Å²) in [5, 5.41) is 2.35. The Balaban J connectivity index is 1.33. The second-order valence-electron chi connectivity index (χ2n) is 13.8. The lowest BCUT2D eigenvalue weighted by Crippen LogP contribution is -2.43. The molecule has 0 spiro atoms. The molecule has 3 saturated heterocycles. The number of hydrogen-bond donors (Lipinski definition) is 0. The van der Waals surface area contributed by atoms with Crippen LogP contribution in [0.25, 0.3) is 32.8 Å². The Hall–Kier alpha value is -3.56. The highest BCUT2D eigenvalue weighted by Crippen LogP contribution is 2.45. The van der Waals surface area contributed by atoms with Gasteiger partial charge in [0.05, 0.1) is 18.2 Å². The lowest BCUT2D eigenvalue weighted by molar-refractivity contribution is 0.0601. The van der Waals surface area contributed by atoms with Crippen molar-refractivity contribution in [2.24, 2.45) is 11.8 Å². The summed E-state index contributed by atoms with van der Waals surface area (Å²) < 4.78 is 43.4. The number of ether oxygens (including phenoxy) is 2. The van der Waals surface area contributed by atoms with Crippen molar-refractivity contribution in [2.45, 2.75) is 57.2 Å². The first-order valence-corrected chi connectivity index (χ1v) is 16.7. The van der Waals surface area contributed by atoms with Crippen molar-refractivity contribution >= 4 is 45.1 Å². The first kappa shape index (κ1) is 29.8. The van der Waals surface area contributed by atoms with Crippen LogP contribution in [0, 0.1) is 24.6 Å². The van der Waals surface area contributed by atoms with Crippen LogP contribution < -0.4 is 9.64 Å². The summed E-state index contributed by atoms with van der Waals surface area (Å²) in [6, 6.07) is 11.1. The molecule has 4 aromatic rings. The topological polar surface area (TPSA) is 67.8 Å². The third-order valence-electron chi connectivity index (χ3n) is 10.8. The molecule has 7 nitrogen and oxygen atoms in total. The van der Waals surface area contributed by atoms with Crippen LogP contribution in [0.3, 0.4) is 0 Å². The molecule has 4 aliphatic rings. The molecule has 4 atom stereocenters. The van der Waals surface area contributed by atoms with E-state index in [1.807, 2.05) is 31.2 Å². The number of anilines is 1. The summed E-state index contributed by atoms with van der Waals surface area (Å²) in [4.78, 5) is 27.4. The number of carbonyl (C=O) groups is 1. The zero-order chi connectivity index (χ0) is 31.7.